The Morgan fingerprint density at radius 3 is 2.75 bits per heavy atom. The summed E-state index contributed by atoms with van der Waals surface area (Å²) in [4.78, 5) is 3.38. The number of hydrogen-bond donors (Lipinski definition) is 2. The molecular weight excluding hydrogens is 196 g/mol. The molecule has 0 saturated heterocycles. The van der Waals surface area contributed by atoms with Crippen molar-refractivity contribution >= 4 is 10.9 Å². The molecule has 0 spiro atoms. The Labute approximate surface area is 96.9 Å². The molecule has 2 heteroatoms. The van der Waals surface area contributed by atoms with Crippen LogP contribution in [-0.4, -0.2) is 11.0 Å². The maximum Gasteiger partial charge on any atom is 0.0489 e. The number of H-pyrrole nitrogens is 1. The fraction of sp³-hybridized carbons (Fsp3) is 0.429. The van der Waals surface area contributed by atoms with Gasteiger partial charge in [-0.3, -0.25) is 0 Å². The number of aryl methyl sites for hydroxylation is 3. The molecule has 2 rings (SSSR count). The molecule has 0 aliphatic heterocycles. The monoisotopic (exact) mass is 216 g/mol. The zero-order valence-corrected chi connectivity index (χ0v) is 10.3. The van der Waals surface area contributed by atoms with Crippen LogP contribution < -0.4 is 5.73 Å². The zero-order chi connectivity index (χ0) is 11.7. The second-order valence-electron chi connectivity index (χ2n) is 4.76. The number of aromatic nitrogens is 1. The first-order valence-electron chi connectivity index (χ1n) is 5.91. The molecule has 0 saturated carbocycles. The first-order chi connectivity index (χ1) is 7.59. The van der Waals surface area contributed by atoms with Crippen molar-refractivity contribution in [2.24, 2.45) is 5.73 Å². The van der Waals surface area contributed by atoms with Gasteiger partial charge in [0.1, 0.15) is 0 Å². The van der Waals surface area contributed by atoms with Crippen molar-refractivity contribution in [2.45, 2.75) is 39.7 Å². The number of nitrogens with one attached hydrogen (secondary N) is 1. The highest BCUT2D eigenvalue weighted by atomic mass is 14.7. The highest BCUT2D eigenvalue weighted by Gasteiger charge is 2.07. The summed E-state index contributed by atoms with van der Waals surface area (Å²) < 4.78 is 0. The summed E-state index contributed by atoms with van der Waals surface area (Å²) in [5.74, 6) is 0. The van der Waals surface area contributed by atoms with Gasteiger partial charge in [-0.2, -0.15) is 0 Å². The molecular formula is C14H20N2. The van der Waals surface area contributed by atoms with E-state index in [4.69, 9.17) is 5.73 Å². The molecule has 2 nitrogen and oxygen atoms in total. The highest BCUT2D eigenvalue weighted by Crippen LogP contribution is 2.24. The van der Waals surface area contributed by atoms with Crippen molar-refractivity contribution in [1.29, 1.82) is 0 Å². The quantitative estimate of drug-likeness (QED) is 0.813. The van der Waals surface area contributed by atoms with E-state index >= 15 is 0 Å². The van der Waals surface area contributed by atoms with Crippen molar-refractivity contribution in [1.82, 2.24) is 4.98 Å². The lowest BCUT2D eigenvalue weighted by Gasteiger charge is -2.05. The largest absolute Gasteiger partial charge is 0.361 e. The molecule has 2 aromatic rings. The smallest absolute Gasteiger partial charge is 0.0489 e. The summed E-state index contributed by atoms with van der Waals surface area (Å²) in [6, 6.07) is 4.68. The number of rotatable bonds is 3. The van der Waals surface area contributed by atoms with Crippen LogP contribution in [0.3, 0.4) is 0 Å². The van der Waals surface area contributed by atoms with Crippen molar-refractivity contribution in [3.05, 3.63) is 35.0 Å². The maximum atomic E-state index is 5.80. The van der Waals surface area contributed by atoms with E-state index in [1.54, 1.807) is 0 Å². The van der Waals surface area contributed by atoms with E-state index in [1.807, 2.05) is 0 Å². The topological polar surface area (TPSA) is 41.8 Å². The summed E-state index contributed by atoms with van der Waals surface area (Å²) in [6.07, 6.45) is 4.22. The molecule has 1 atom stereocenters. The van der Waals surface area contributed by atoms with E-state index in [-0.39, 0.29) is 6.04 Å². The van der Waals surface area contributed by atoms with Gasteiger partial charge in [0, 0.05) is 23.1 Å². The number of fused-ring (bicyclic) bond motifs is 1. The number of benzene rings is 1. The first-order valence-corrected chi connectivity index (χ1v) is 5.91. The minimum atomic E-state index is 0.275. The SMILES string of the molecule is Cc1ccc2c(CCC(C)N)c[nH]c2c1C. The third-order valence-corrected chi connectivity index (χ3v) is 3.34. The summed E-state index contributed by atoms with van der Waals surface area (Å²) >= 11 is 0. The van der Waals surface area contributed by atoms with Gasteiger partial charge in [-0.1, -0.05) is 12.1 Å². The molecule has 0 aliphatic rings. The molecule has 0 bridgehead atoms. The fourth-order valence-corrected chi connectivity index (χ4v) is 2.10. The van der Waals surface area contributed by atoms with Gasteiger partial charge in [-0.25, -0.2) is 0 Å². The second-order valence-corrected chi connectivity index (χ2v) is 4.76. The van der Waals surface area contributed by atoms with Crippen LogP contribution in [0.5, 0.6) is 0 Å². The van der Waals surface area contributed by atoms with E-state index in [0.717, 1.165) is 12.8 Å². The van der Waals surface area contributed by atoms with Crippen LogP contribution in [0.25, 0.3) is 10.9 Å². The third kappa shape index (κ3) is 1.98. The summed E-state index contributed by atoms with van der Waals surface area (Å²) in [5.41, 5.74) is 11.2. The first kappa shape index (κ1) is 11.2. The molecule has 1 aromatic heterocycles. The highest BCUT2D eigenvalue weighted by molar-refractivity contribution is 5.86. The molecule has 0 fully saturated rings. The molecule has 16 heavy (non-hydrogen) atoms. The Morgan fingerprint density at radius 2 is 2.06 bits per heavy atom. The average Bonchev–Trinajstić information content (AvgIpc) is 2.64. The Kier molecular flexibility index (Phi) is 3.01. The van der Waals surface area contributed by atoms with Crippen LogP contribution in [0.15, 0.2) is 18.3 Å². The van der Waals surface area contributed by atoms with Gasteiger partial charge >= 0.3 is 0 Å². The standard InChI is InChI=1S/C14H20N2/c1-9-4-7-13-12(6-5-10(2)15)8-16-14(13)11(9)3/h4,7-8,10,16H,5-6,15H2,1-3H3. The molecule has 1 unspecified atom stereocenters. The molecule has 1 aromatic carbocycles. The van der Waals surface area contributed by atoms with E-state index in [0.29, 0.717) is 0 Å². The van der Waals surface area contributed by atoms with Gasteiger partial charge in [-0.05, 0) is 50.3 Å². The van der Waals surface area contributed by atoms with Gasteiger partial charge in [0.05, 0.1) is 0 Å². The van der Waals surface area contributed by atoms with Crippen LogP contribution in [0, 0.1) is 13.8 Å². The molecule has 0 amide bonds. The predicted molar refractivity (Wildman–Crippen MR) is 69.7 cm³/mol. The molecule has 86 valence electrons. The van der Waals surface area contributed by atoms with Gasteiger partial charge in [0.2, 0.25) is 0 Å². The van der Waals surface area contributed by atoms with E-state index in [2.05, 4.69) is 44.1 Å². The van der Waals surface area contributed by atoms with Crippen molar-refractivity contribution < 1.29 is 0 Å². The van der Waals surface area contributed by atoms with Crippen LogP contribution in [0.4, 0.5) is 0 Å². The summed E-state index contributed by atoms with van der Waals surface area (Å²) in [7, 11) is 0. The number of nitrogens with two attached hydrogens (primary N) is 1. The Morgan fingerprint density at radius 1 is 1.31 bits per heavy atom. The normalized spacial score (nSPS) is 13.2. The van der Waals surface area contributed by atoms with Crippen LogP contribution in [0.2, 0.25) is 0 Å². The Hall–Kier alpha value is -1.28. The number of aromatic amines is 1. The second kappa shape index (κ2) is 4.30. The lowest BCUT2D eigenvalue weighted by atomic mass is 10.0. The molecule has 0 radical (unpaired) electrons. The van der Waals surface area contributed by atoms with Gasteiger partial charge < -0.3 is 10.7 Å². The fourth-order valence-electron chi connectivity index (χ4n) is 2.10. The van der Waals surface area contributed by atoms with Crippen LogP contribution >= 0.6 is 0 Å². The van der Waals surface area contributed by atoms with Gasteiger partial charge in [-0.15, -0.1) is 0 Å². The minimum Gasteiger partial charge on any atom is -0.361 e. The molecule has 3 N–H and O–H groups in total. The lowest BCUT2D eigenvalue weighted by molar-refractivity contribution is 0.668. The Balaban J connectivity index is 2.38. The predicted octanol–water partition coefficient (Wildman–Crippen LogP) is 3.06. The van der Waals surface area contributed by atoms with E-state index in [1.165, 1.54) is 27.6 Å². The minimum absolute atomic E-state index is 0.275. The summed E-state index contributed by atoms with van der Waals surface area (Å²) in [6.45, 7) is 6.38. The van der Waals surface area contributed by atoms with Crippen LogP contribution in [-0.2, 0) is 6.42 Å². The van der Waals surface area contributed by atoms with Gasteiger partial charge in [0.15, 0.2) is 0 Å². The van der Waals surface area contributed by atoms with E-state index < -0.39 is 0 Å². The van der Waals surface area contributed by atoms with Crippen molar-refractivity contribution in [3.8, 4) is 0 Å². The van der Waals surface area contributed by atoms with Gasteiger partial charge in [0.25, 0.3) is 0 Å². The van der Waals surface area contributed by atoms with Crippen LogP contribution in [0.1, 0.15) is 30.0 Å². The molecule has 1 heterocycles. The zero-order valence-electron chi connectivity index (χ0n) is 10.3. The average molecular weight is 216 g/mol. The van der Waals surface area contributed by atoms with E-state index in [9.17, 15) is 0 Å². The maximum absolute atomic E-state index is 5.80. The summed E-state index contributed by atoms with van der Waals surface area (Å²) in [5, 5.41) is 1.35. The van der Waals surface area contributed by atoms with Crippen molar-refractivity contribution in [3.63, 3.8) is 0 Å². The Bertz CT molecular complexity index is 495. The lowest BCUT2D eigenvalue weighted by Crippen LogP contribution is -2.15. The molecule has 0 aliphatic carbocycles. The number of hydrogen-bond acceptors (Lipinski definition) is 1. The third-order valence-electron chi connectivity index (χ3n) is 3.34. The van der Waals surface area contributed by atoms with Crippen molar-refractivity contribution in [2.75, 3.05) is 0 Å².